The smallest absolute Gasteiger partial charge is 0.0655 e. The highest BCUT2D eigenvalue weighted by Crippen LogP contribution is 2.95. The van der Waals surface area contributed by atoms with E-state index in [4.69, 9.17) is 20.8 Å². The van der Waals surface area contributed by atoms with Gasteiger partial charge >= 0.3 is 0 Å². The van der Waals surface area contributed by atoms with E-state index >= 15 is 0 Å². The molecular formula is C9H12B2O. The van der Waals surface area contributed by atoms with Crippen LogP contribution in [0.25, 0.3) is 0 Å². The molecule has 1 nitrogen and oxygen atoms in total. The number of hydrogen-bond donors (Lipinski definition) is 1. The predicted octanol–water partition coefficient (Wildman–Crippen LogP) is 0.622. The molecule has 3 rings (SSSR count). The Kier molecular flexibility index (Phi) is 1.04. The molecule has 1 N–H and O–H groups in total. The van der Waals surface area contributed by atoms with E-state index in [1.54, 1.807) is 0 Å². The Morgan fingerprint density at radius 2 is 1.58 bits per heavy atom. The second kappa shape index (κ2) is 1.66. The van der Waals surface area contributed by atoms with Crippen LogP contribution < -0.4 is 0 Å². The minimum Gasteiger partial charge on any atom is -0.397 e. The van der Waals surface area contributed by atoms with E-state index in [1.165, 1.54) is 25.7 Å². The van der Waals surface area contributed by atoms with Gasteiger partial charge < -0.3 is 5.11 Å². The number of aliphatic hydroxyl groups is 1. The van der Waals surface area contributed by atoms with Crippen molar-refractivity contribution in [3.63, 3.8) is 0 Å². The highest BCUT2D eigenvalue weighted by Gasteiger charge is 2.87. The molecule has 0 heterocycles. The number of hydrogen-bond acceptors (Lipinski definition) is 1. The van der Waals surface area contributed by atoms with Gasteiger partial charge in [-0.2, -0.15) is 0 Å². The van der Waals surface area contributed by atoms with E-state index in [2.05, 4.69) is 0 Å². The molecule has 0 aromatic carbocycles. The van der Waals surface area contributed by atoms with Gasteiger partial charge in [0.25, 0.3) is 0 Å². The first kappa shape index (κ1) is 7.49. The summed E-state index contributed by atoms with van der Waals surface area (Å²) in [5, 5.41) is 8.28. The Morgan fingerprint density at radius 3 is 1.83 bits per heavy atom. The van der Waals surface area contributed by atoms with Crippen LogP contribution in [-0.4, -0.2) is 27.4 Å². The lowest BCUT2D eigenvalue weighted by molar-refractivity contribution is 0.256. The summed E-state index contributed by atoms with van der Waals surface area (Å²) in [6.07, 6.45) is 5.20. The van der Waals surface area contributed by atoms with Crippen molar-refractivity contribution in [2.75, 3.05) is 6.61 Å². The third kappa shape index (κ3) is 0.575. The second-order valence-corrected chi connectivity index (χ2v) is 5.02. The molecule has 3 fully saturated rings. The maximum absolute atomic E-state index is 9.07. The summed E-state index contributed by atoms with van der Waals surface area (Å²) < 4.78 is 0. The Hall–Kier alpha value is 0.0899. The minimum atomic E-state index is -0.799. The molecule has 2 spiro atoms. The Morgan fingerprint density at radius 1 is 1.17 bits per heavy atom. The summed E-state index contributed by atoms with van der Waals surface area (Å²) in [5.41, 5.74) is 0.998. The van der Waals surface area contributed by atoms with E-state index in [0.717, 1.165) is 0 Å². The molecular weight excluding hydrogens is 146 g/mol. The molecule has 0 bridgehead atoms. The van der Waals surface area contributed by atoms with Gasteiger partial charge in [0.2, 0.25) is 0 Å². The Bertz CT molecular complexity index is 223. The molecule has 3 aliphatic carbocycles. The maximum Gasteiger partial charge on any atom is 0.0655 e. The lowest BCUT2D eigenvalue weighted by Gasteiger charge is -2.23. The fourth-order valence-electron chi connectivity index (χ4n) is 3.70. The van der Waals surface area contributed by atoms with Crippen molar-refractivity contribution in [2.45, 2.75) is 30.9 Å². The normalized spacial score (nSPS) is 38.6. The molecule has 3 aliphatic rings. The largest absolute Gasteiger partial charge is 0.397 e. The van der Waals surface area contributed by atoms with Crippen LogP contribution in [0.4, 0.5) is 0 Å². The fraction of sp³-hybridized carbons (Fsp3) is 1.00. The van der Waals surface area contributed by atoms with Crippen LogP contribution in [-0.2, 0) is 0 Å². The summed E-state index contributed by atoms with van der Waals surface area (Å²) in [6, 6.07) is 0. The zero-order chi connectivity index (χ0) is 8.61. The summed E-state index contributed by atoms with van der Waals surface area (Å²) in [4.78, 5) is 0. The van der Waals surface area contributed by atoms with E-state index < -0.39 is 5.21 Å². The predicted molar refractivity (Wildman–Crippen MR) is 48.1 cm³/mol. The summed E-state index contributed by atoms with van der Waals surface area (Å²) in [6.45, 7) is -0.0683. The molecule has 0 aromatic rings. The SMILES string of the molecule is [B]C([B])(CO)C1C2(CC2)C12CC2. The molecule has 0 amide bonds. The molecule has 0 aromatic heterocycles. The van der Waals surface area contributed by atoms with Crippen molar-refractivity contribution in [3.05, 3.63) is 0 Å². The molecule has 0 unspecified atom stereocenters. The fourth-order valence-corrected chi connectivity index (χ4v) is 3.70. The molecule has 0 atom stereocenters. The molecule has 0 aliphatic heterocycles. The average Bonchev–Trinajstić information content (AvgIpc) is 2.83. The lowest BCUT2D eigenvalue weighted by atomic mass is 9.51. The first-order chi connectivity index (χ1) is 5.59. The van der Waals surface area contributed by atoms with Crippen LogP contribution in [0.2, 0.25) is 5.21 Å². The topological polar surface area (TPSA) is 20.2 Å². The zero-order valence-electron chi connectivity index (χ0n) is 7.21. The molecule has 12 heavy (non-hydrogen) atoms. The van der Waals surface area contributed by atoms with E-state index in [0.29, 0.717) is 16.7 Å². The van der Waals surface area contributed by atoms with Crippen molar-refractivity contribution in [2.24, 2.45) is 16.7 Å². The van der Waals surface area contributed by atoms with Crippen LogP contribution in [0, 0.1) is 16.7 Å². The Labute approximate surface area is 75.7 Å². The van der Waals surface area contributed by atoms with Gasteiger partial charge in [0.15, 0.2) is 0 Å². The third-order valence-electron chi connectivity index (χ3n) is 4.40. The van der Waals surface area contributed by atoms with Crippen molar-refractivity contribution in [3.8, 4) is 0 Å². The van der Waals surface area contributed by atoms with Gasteiger partial charge in [0.1, 0.15) is 0 Å². The van der Waals surface area contributed by atoms with Gasteiger partial charge in [-0.1, -0.05) is 5.21 Å². The quantitative estimate of drug-likeness (QED) is 0.584. The van der Waals surface area contributed by atoms with Crippen LogP contribution in [0.1, 0.15) is 25.7 Å². The second-order valence-electron chi connectivity index (χ2n) is 5.02. The minimum absolute atomic E-state index is 0.0683. The molecule has 3 saturated carbocycles. The van der Waals surface area contributed by atoms with Gasteiger partial charge in [-0.15, -0.1) is 0 Å². The Balaban J connectivity index is 1.88. The number of rotatable bonds is 2. The molecule has 4 radical (unpaired) electrons. The number of aliphatic hydroxyl groups excluding tert-OH is 1. The van der Waals surface area contributed by atoms with Crippen LogP contribution in [0.3, 0.4) is 0 Å². The first-order valence-electron chi connectivity index (χ1n) is 4.78. The average molecular weight is 158 g/mol. The summed E-state index contributed by atoms with van der Waals surface area (Å²) in [7, 11) is 11.8. The van der Waals surface area contributed by atoms with Gasteiger partial charge in [-0.25, -0.2) is 0 Å². The van der Waals surface area contributed by atoms with Gasteiger partial charge in [0.05, 0.1) is 15.7 Å². The summed E-state index contributed by atoms with van der Waals surface area (Å²) >= 11 is 0. The molecule has 60 valence electrons. The van der Waals surface area contributed by atoms with E-state index in [1.807, 2.05) is 0 Å². The number of fused-ring (bicyclic) bond motifs is 1. The van der Waals surface area contributed by atoms with Crippen LogP contribution in [0.15, 0.2) is 0 Å². The van der Waals surface area contributed by atoms with Gasteiger partial charge in [0, 0.05) is 6.61 Å². The van der Waals surface area contributed by atoms with Crippen molar-refractivity contribution in [1.29, 1.82) is 0 Å². The summed E-state index contributed by atoms with van der Waals surface area (Å²) in [5.74, 6) is 0.419. The van der Waals surface area contributed by atoms with Crippen LogP contribution >= 0.6 is 0 Å². The zero-order valence-corrected chi connectivity index (χ0v) is 7.21. The van der Waals surface area contributed by atoms with Crippen molar-refractivity contribution < 1.29 is 5.11 Å². The third-order valence-corrected chi connectivity index (χ3v) is 4.40. The van der Waals surface area contributed by atoms with E-state index in [-0.39, 0.29) is 6.61 Å². The molecule has 3 heteroatoms. The highest BCUT2D eigenvalue weighted by molar-refractivity contribution is 6.40. The maximum atomic E-state index is 9.07. The van der Waals surface area contributed by atoms with Gasteiger partial charge in [-0.05, 0) is 42.4 Å². The van der Waals surface area contributed by atoms with Crippen molar-refractivity contribution >= 4 is 15.7 Å². The first-order valence-corrected chi connectivity index (χ1v) is 4.78. The standard InChI is InChI=1S/C9H12B2O/c10-9(11,5-12)6-7(1-2-7)8(6)3-4-8/h6,12H,1-5H2. The molecule has 0 saturated heterocycles. The van der Waals surface area contributed by atoms with Crippen LogP contribution in [0.5, 0.6) is 0 Å². The van der Waals surface area contributed by atoms with E-state index in [9.17, 15) is 0 Å². The monoisotopic (exact) mass is 158 g/mol. The lowest BCUT2D eigenvalue weighted by Crippen LogP contribution is -2.22. The van der Waals surface area contributed by atoms with Gasteiger partial charge in [-0.3, -0.25) is 0 Å². The highest BCUT2D eigenvalue weighted by atomic mass is 16.3. The van der Waals surface area contributed by atoms with Crippen molar-refractivity contribution in [1.82, 2.24) is 0 Å².